The van der Waals surface area contributed by atoms with Crippen LogP contribution in [0.3, 0.4) is 0 Å². The molecule has 1 aliphatic heterocycles. The third-order valence-corrected chi connectivity index (χ3v) is 4.37. The highest BCUT2D eigenvalue weighted by Gasteiger charge is 2.21. The first-order valence-electron chi connectivity index (χ1n) is 8.36. The summed E-state index contributed by atoms with van der Waals surface area (Å²) in [6.07, 6.45) is 5.19. The van der Waals surface area contributed by atoms with E-state index in [1.54, 1.807) is 4.90 Å². The number of rotatable bonds is 4. The molecule has 0 atom stereocenters. The summed E-state index contributed by atoms with van der Waals surface area (Å²) in [7, 11) is 0. The fourth-order valence-electron chi connectivity index (χ4n) is 2.93. The van der Waals surface area contributed by atoms with E-state index in [1.165, 1.54) is 0 Å². The monoisotopic (exact) mass is 319 g/mol. The molecule has 0 aliphatic carbocycles. The predicted octanol–water partition coefficient (Wildman–Crippen LogP) is 4.46. The molecule has 0 bridgehead atoms. The average Bonchev–Trinajstić information content (AvgIpc) is 2.61. The topological polar surface area (TPSA) is 37.4 Å². The van der Waals surface area contributed by atoms with Crippen LogP contribution in [-0.2, 0) is 16.1 Å². The number of benzene rings is 2. The Labute approximate surface area is 142 Å². The van der Waals surface area contributed by atoms with Crippen LogP contribution >= 0.6 is 0 Å². The van der Waals surface area contributed by atoms with Gasteiger partial charge in [-0.3, -0.25) is 9.59 Å². The van der Waals surface area contributed by atoms with Crippen molar-refractivity contribution in [3.63, 3.8) is 0 Å². The quantitative estimate of drug-likeness (QED) is 0.834. The lowest BCUT2D eigenvalue weighted by molar-refractivity contribution is -0.123. The van der Waals surface area contributed by atoms with Crippen molar-refractivity contribution in [2.45, 2.75) is 32.7 Å². The maximum atomic E-state index is 12.8. The molecule has 0 saturated heterocycles. The normalized spacial score (nSPS) is 12.8. The summed E-state index contributed by atoms with van der Waals surface area (Å²) in [4.78, 5) is 26.2. The minimum Gasteiger partial charge on any atom is -0.307 e. The van der Waals surface area contributed by atoms with Crippen LogP contribution in [0.1, 0.15) is 42.9 Å². The highest BCUT2D eigenvalue weighted by molar-refractivity contribution is 5.98. The van der Waals surface area contributed by atoms with Crippen molar-refractivity contribution >= 4 is 29.5 Å². The molecule has 0 spiro atoms. The smallest absolute Gasteiger partial charge is 0.227 e. The van der Waals surface area contributed by atoms with E-state index < -0.39 is 0 Å². The molecule has 3 nitrogen and oxygen atoms in total. The van der Waals surface area contributed by atoms with E-state index >= 15 is 0 Å². The van der Waals surface area contributed by atoms with Gasteiger partial charge in [-0.25, -0.2) is 0 Å². The maximum absolute atomic E-state index is 12.8. The molecule has 3 rings (SSSR count). The summed E-state index contributed by atoms with van der Waals surface area (Å²) in [5.41, 5.74) is 4.15. The van der Waals surface area contributed by atoms with Crippen LogP contribution in [0, 0.1) is 0 Å². The molecule has 0 unspecified atom stereocenters. The van der Waals surface area contributed by atoms with Crippen LogP contribution in [0.15, 0.2) is 48.5 Å². The van der Waals surface area contributed by atoms with Gasteiger partial charge in [0.2, 0.25) is 5.91 Å². The van der Waals surface area contributed by atoms with Gasteiger partial charge in [0.1, 0.15) is 5.78 Å². The van der Waals surface area contributed by atoms with Gasteiger partial charge in [-0.2, -0.15) is 0 Å². The Bertz CT molecular complexity index is 792. The van der Waals surface area contributed by atoms with Crippen LogP contribution < -0.4 is 4.90 Å². The second-order valence-electron chi connectivity index (χ2n) is 5.96. The second kappa shape index (κ2) is 7.26. The number of Topliss-reactive ketones (excluding diaryl/α,β-unsaturated/α-hetero) is 1. The average molecular weight is 319 g/mol. The first kappa shape index (κ1) is 16.2. The number of amides is 1. The molecule has 0 aromatic heterocycles. The van der Waals surface area contributed by atoms with E-state index in [-0.39, 0.29) is 18.1 Å². The van der Waals surface area contributed by atoms with Gasteiger partial charge >= 0.3 is 0 Å². The second-order valence-corrected chi connectivity index (χ2v) is 5.96. The van der Waals surface area contributed by atoms with E-state index in [4.69, 9.17) is 0 Å². The molecule has 0 N–H and O–H groups in total. The molecule has 2 aromatic rings. The summed E-state index contributed by atoms with van der Waals surface area (Å²) < 4.78 is 0. The fraction of sp³-hybridized carbons (Fsp3) is 0.238. The number of carbonyl (C=O) groups excluding carboxylic acids is 2. The van der Waals surface area contributed by atoms with Crippen molar-refractivity contribution in [1.82, 2.24) is 0 Å². The van der Waals surface area contributed by atoms with E-state index in [2.05, 4.69) is 12.1 Å². The maximum Gasteiger partial charge on any atom is 0.227 e. The lowest BCUT2D eigenvalue weighted by atomic mass is 10.0. The van der Waals surface area contributed by atoms with Crippen molar-refractivity contribution in [2.75, 3.05) is 4.90 Å². The van der Waals surface area contributed by atoms with Crippen molar-refractivity contribution in [3.05, 3.63) is 65.2 Å². The third kappa shape index (κ3) is 3.46. The van der Waals surface area contributed by atoms with Crippen molar-refractivity contribution < 1.29 is 9.59 Å². The minimum atomic E-state index is -0.00523. The minimum absolute atomic E-state index is 0.00523. The van der Waals surface area contributed by atoms with E-state index in [1.807, 2.05) is 55.5 Å². The number of fused-ring (bicyclic) bond motifs is 2. The molecular weight excluding hydrogens is 298 g/mol. The van der Waals surface area contributed by atoms with Gasteiger partial charge in [0.05, 0.1) is 12.2 Å². The van der Waals surface area contributed by atoms with Gasteiger partial charge in [-0.15, -0.1) is 0 Å². The molecule has 24 heavy (non-hydrogen) atoms. The number of anilines is 1. The summed E-state index contributed by atoms with van der Waals surface area (Å²) >= 11 is 0. The van der Waals surface area contributed by atoms with Gasteiger partial charge in [0.25, 0.3) is 0 Å². The van der Waals surface area contributed by atoms with Crippen LogP contribution in [0.2, 0.25) is 0 Å². The Morgan fingerprint density at radius 1 is 0.917 bits per heavy atom. The largest absolute Gasteiger partial charge is 0.307 e. The fourth-order valence-corrected chi connectivity index (χ4v) is 2.93. The van der Waals surface area contributed by atoms with Gasteiger partial charge in [0.15, 0.2) is 0 Å². The zero-order valence-corrected chi connectivity index (χ0v) is 13.9. The summed E-state index contributed by atoms with van der Waals surface area (Å²) in [5, 5.41) is 0. The number of ketones is 1. The first-order chi connectivity index (χ1) is 11.7. The number of hydrogen-bond donors (Lipinski definition) is 0. The molecule has 1 amide bonds. The SMILES string of the molecule is CCC(=O)CCC(=O)N1Cc2ccccc2C=Cc2ccccc21. The molecule has 0 radical (unpaired) electrons. The molecule has 0 saturated carbocycles. The molecule has 2 aromatic carbocycles. The molecular formula is C21H21NO2. The molecule has 122 valence electrons. The summed E-state index contributed by atoms with van der Waals surface area (Å²) in [6, 6.07) is 16.0. The Morgan fingerprint density at radius 3 is 2.38 bits per heavy atom. The lowest BCUT2D eigenvalue weighted by Gasteiger charge is -2.27. The number of hydrogen-bond acceptors (Lipinski definition) is 2. The highest BCUT2D eigenvalue weighted by Crippen LogP contribution is 2.29. The van der Waals surface area contributed by atoms with E-state index in [0.717, 1.165) is 22.4 Å². The number of nitrogens with zero attached hydrogens (tertiary/aromatic N) is 1. The van der Waals surface area contributed by atoms with Crippen molar-refractivity contribution in [2.24, 2.45) is 0 Å². The number of para-hydroxylation sites is 1. The standard InChI is InChI=1S/C21H21NO2/c1-2-19(23)13-14-21(24)22-15-18-9-4-3-7-16(18)11-12-17-8-5-6-10-20(17)22/h3-12H,2,13-15H2,1H3. The van der Waals surface area contributed by atoms with Crippen LogP contribution in [0.25, 0.3) is 12.2 Å². The molecule has 3 heteroatoms. The molecule has 0 fully saturated rings. The zero-order valence-electron chi connectivity index (χ0n) is 13.9. The van der Waals surface area contributed by atoms with Crippen LogP contribution in [-0.4, -0.2) is 11.7 Å². The van der Waals surface area contributed by atoms with Gasteiger partial charge in [0, 0.05) is 19.3 Å². The Hall–Kier alpha value is -2.68. The number of carbonyl (C=O) groups is 2. The Kier molecular flexibility index (Phi) is 4.90. The third-order valence-electron chi connectivity index (χ3n) is 4.37. The Morgan fingerprint density at radius 2 is 1.58 bits per heavy atom. The van der Waals surface area contributed by atoms with Gasteiger partial charge in [-0.1, -0.05) is 61.5 Å². The van der Waals surface area contributed by atoms with E-state index in [0.29, 0.717) is 19.4 Å². The highest BCUT2D eigenvalue weighted by atomic mass is 16.2. The summed E-state index contributed by atoms with van der Waals surface area (Å²) in [5.74, 6) is 0.123. The Balaban J connectivity index is 1.96. The van der Waals surface area contributed by atoms with Gasteiger partial charge < -0.3 is 4.90 Å². The molecule has 1 heterocycles. The lowest BCUT2D eigenvalue weighted by Crippen LogP contribution is -2.31. The van der Waals surface area contributed by atoms with E-state index in [9.17, 15) is 9.59 Å². The van der Waals surface area contributed by atoms with Gasteiger partial charge in [-0.05, 0) is 22.8 Å². The zero-order chi connectivity index (χ0) is 16.9. The van der Waals surface area contributed by atoms with Crippen molar-refractivity contribution in [1.29, 1.82) is 0 Å². The summed E-state index contributed by atoms with van der Waals surface area (Å²) in [6.45, 7) is 2.36. The van der Waals surface area contributed by atoms with Crippen LogP contribution in [0.4, 0.5) is 5.69 Å². The predicted molar refractivity (Wildman–Crippen MR) is 97.5 cm³/mol. The molecule has 1 aliphatic rings. The first-order valence-corrected chi connectivity index (χ1v) is 8.36. The van der Waals surface area contributed by atoms with Crippen molar-refractivity contribution in [3.8, 4) is 0 Å². The van der Waals surface area contributed by atoms with Crippen LogP contribution in [0.5, 0.6) is 0 Å².